The van der Waals surface area contributed by atoms with E-state index < -0.39 is 0 Å². The Kier molecular flexibility index (Phi) is 4.37. The predicted octanol–water partition coefficient (Wildman–Crippen LogP) is 1.61. The minimum absolute atomic E-state index is 0.244. The molecule has 18 heavy (non-hydrogen) atoms. The molecule has 1 aromatic rings. The molecule has 1 aliphatic rings. The number of carbonyl (C=O) groups is 1. The average Bonchev–Trinajstić information content (AvgIpc) is 2.40. The number of amides is 1. The third kappa shape index (κ3) is 3.10. The highest BCUT2D eigenvalue weighted by Crippen LogP contribution is 2.10. The second kappa shape index (κ2) is 6.01. The molecule has 1 atom stereocenters. The van der Waals surface area contributed by atoms with E-state index in [0.717, 1.165) is 31.6 Å². The molecule has 0 saturated carbocycles. The van der Waals surface area contributed by atoms with Crippen LogP contribution in [0.5, 0.6) is 0 Å². The van der Waals surface area contributed by atoms with Crippen molar-refractivity contribution in [2.75, 3.05) is 19.6 Å². The zero-order valence-electron chi connectivity index (χ0n) is 11.3. The van der Waals surface area contributed by atoms with Crippen LogP contribution in [0.4, 0.5) is 0 Å². The standard InChI is InChI=1S/C15H22N2O/c1-3-13-4-6-14(7-5-13)10-15(18)17-9-8-16-11-12(17)2/h4-7,12,16H,3,8-11H2,1-2H3/t12-/m1/s1. The maximum absolute atomic E-state index is 12.2. The van der Waals surface area contributed by atoms with Gasteiger partial charge in [-0.15, -0.1) is 0 Å². The molecule has 0 radical (unpaired) electrons. The van der Waals surface area contributed by atoms with Gasteiger partial charge in [-0.3, -0.25) is 4.79 Å². The van der Waals surface area contributed by atoms with Gasteiger partial charge in [0.2, 0.25) is 5.91 Å². The molecule has 1 aliphatic heterocycles. The molecule has 0 aromatic heterocycles. The van der Waals surface area contributed by atoms with Crippen LogP contribution < -0.4 is 5.32 Å². The highest BCUT2D eigenvalue weighted by Gasteiger charge is 2.22. The normalized spacial score (nSPS) is 19.9. The number of rotatable bonds is 3. The fourth-order valence-electron chi connectivity index (χ4n) is 2.38. The summed E-state index contributed by atoms with van der Waals surface area (Å²) in [6, 6.07) is 8.68. The van der Waals surface area contributed by atoms with Gasteiger partial charge in [-0.05, 0) is 24.5 Å². The Morgan fingerprint density at radius 1 is 1.33 bits per heavy atom. The van der Waals surface area contributed by atoms with E-state index in [4.69, 9.17) is 0 Å². The van der Waals surface area contributed by atoms with E-state index >= 15 is 0 Å². The lowest BCUT2D eigenvalue weighted by atomic mass is 10.1. The van der Waals surface area contributed by atoms with Crippen molar-refractivity contribution in [2.45, 2.75) is 32.7 Å². The van der Waals surface area contributed by atoms with Gasteiger partial charge in [0.05, 0.1) is 6.42 Å². The lowest BCUT2D eigenvalue weighted by molar-refractivity contribution is -0.133. The highest BCUT2D eigenvalue weighted by atomic mass is 16.2. The number of carbonyl (C=O) groups excluding carboxylic acids is 1. The van der Waals surface area contributed by atoms with Gasteiger partial charge in [0.15, 0.2) is 0 Å². The number of nitrogens with zero attached hydrogens (tertiary/aromatic N) is 1. The van der Waals surface area contributed by atoms with Crippen molar-refractivity contribution < 1.29 is 4.79 Å². The molecule has 1 aromatic carbocycles. The summed E-state index contributed by atoms with van der Waals surface area (Å²) in [5.74, 6) is 0.244. The fraction of sp³-hybridized carbons (Fsp3) is 0.533. The Hall–Kier alpha value is -1.35. The molecule has 3 nitrogen and oxygen atoms in total. The average molecular weight is 246 g/mol. The van der Waals surface area contributed by atoms with Crippen molar-refractivity contribution in [3.8, 4) is 0 Å². The summed E-state index contributed by atoms with van der Waals surface area (Å²) in [6.07, 6.45) is 1.57. The summed E-state index contributed by atoms with van der Waals surface area (Å²) in [5.41, 5.74) is 2.43. The van der Waals surface area contributed by atoms with Crippen LogP contribution in [0.1, 0.15) is 25.0 Å². The Labute approximate surface area is 109 Å². The van der Waals surface area contributed by atoms with E-state index in [9.17, 15) is 4.79 Å². The maximum atomic E-state index is 12.2. The molecule has 1 amide bonds. The van der Waals surface area contributed by atoms with Crippen LogP contribution in [0.15, 0.2) is 24.3 Å². The summed E-state index contributed by atoms with van der Waals surface area (Å²) in [7, 11) is 0. The van der Waals surface area contributed by atoms with Crippen LogP contribution in [0.2, 0.25) is 0 Å². The van der Waals surface area contributed by atoms with Gasteiger partial charge in [0.25, 0.3) is 0 Å². The lowest BCUT2D eigenvalue weighted by Crippen LogP contribution is -2.52. The van der Waals surface area contributed by atoms with Crippen LogP contribution in [0.3, 0.4) is 0 Å². The zero-order valence-corrected chi connectivity index (χ0v) is 11.3. The highest BCUT2D eigenvalue weighted by molar-refractivity contribution is 5.79. The number of aryl methyl sites for hydroxylation is 1. The zero-order chi connectivity index (χ0) is 13.0. The summed E-state index contributed by atoms with van der Waals surface area (Å²) >= 11 is 0. The number of benzene rings is 1. The van der Waals surface area contributed by atoms with Crippen LogP contribution in [-0.4, -0.2) is 36.5 Å². The van der Waals surface area contributed by atoms with Crippen molar-refractivity contribution in [1.29, 1.82) is 0 Å². The summed E-state index contributed by atoms with van der Waals surface area (Å²) in [4.78, 5) is 14.2. The molecule has 0 aliphatic carbocycles. The first kappa shape index (κ1) is 13.1. The molecule has 1 fully saturated rings. The third-order valence-corrected chi connectivity index (χ3v) is 3.61. The Balaban J connectivity index is 1.97. The molecule has 0 spiro atoms. The van der Waals surface area contributed by atoms with Crippen LogP contribution >= 0.6 is 0 Å². The second-order valence-corrected chi connectivity index (χ2v) is 4.99. The largest absolute Gasteiger partial charge is 0.337 e. The van der Waals surface area contributed by atoms with Crippen molar-refractivity contribution in [3.63, 3.8) is 0 Å². The molecule has 3 heteroatoms. The molecule has 0 bridgehead atoms. The van der Waals surface area contributed by atoms with Crippen molar-refractivity contribution in [1.82, 2.24) is 10.2 Å². The Morgan fingerprint density at radius 3 is 2.61 bits per heavy atom. The topological polar surface area (TPSA) is 32.3 Å². The molecule has 1 heterocycles. The van der Waals surface area contributed by atoms with E-state index in [2.05, 4.69) is 43.4 Å². The molecule has 1 N–H and O–H groups in total. The molecule has 2 rings (SSSR count). The molecule has 0 unspecified atom stereocenters. The summed E-state index contributed by atoms with van der Waals surface area (Å²) in [6.45, 7) is 6.88. The summed E-state index contributed by atoms with van der Waals surface area (Å²) < 4.78 is 0. The first-order valence-corrected chi connectivity index (χ1v) is 6.78. The quantitative estimate of drug-likeness (QED) is 0.879. The monoisotopic (exact) mass is 246 g/mol. The van der Waals surface area contributed by atoms with Crippen molar-refractivity contribution in [2.24, 2.45) is 0 Å². The van der Waals surface area contributed by atoms with Crippen molar-refractivity contribution >= 4 is 5.91 Å². The predicted molar refractivity (Wildman–Crippen MR) is 73.6 cm³/mol. The summed E-state index contributed by atoms with van der Waals surface area (Å²) in [5, 5.41) is 3.30. The van der Waals surface area contributed by atoms with Gasteiger partial charge in [-0.1, -0.05) is 31.2 Å². The molecular formula is C15H22N2O. The SMILES string of the molecule is CCc1ccc(CC(=O)N2CCNC[C@H]2C)cc1. The van der Waals surface area contributed by atoms with Gasteiger partial charge in [-0.25, -0.2) is 0 Å². The number of nitrogens with one attached hydrogen (secondary N) is 1. The van der Waals surface area contributed by atoms with E-state index in [1.54, 1.807) is 0 Å². The van der Waals surface area contributed by atoms with E-state index in [0.29, 0.717) is 12.5 Å². The van der Waals surface area contributed by atoms with Crippen LogP contribution in [-0.2, 0) is 17.6 Å². The van der Waals surface area contributed by atoms with Gasteiger partial charge >= 0.3 is 0 Å². The Bertz CT molecular complexity index is 399. The van der Waals surface area contributed by atoms with Gasteiger partial charge in [0, 0.05) is 25.7 Å². The van der Waals surface area contributed by atoms with Gasteiger partial charge < -0.3 is 10.2 Å². The molecule has 1 saturated heterocycles. The Morgan fingerprint density at radius 2 is 2.00 bits per heavy atom. The van der Waals surface area contributed by atoms with Crippen LogP contribution in [0.25, 0.3) is 0 Å². The fourth-order valence-corrected chi connectivity index (χ4v) is 2.38. The van der Waals surface area contributed by atoms with E-state index in [1.165, 1.54) is 5.56 Å². The smallest absolute Gasteiger partial charge is 0.227 e. The first-order chi connectivity index (χ1) is 8.70. The first-order valence-electron chi connectivity index (χ1n) is 6.78. The minimum atomic E-state index is 0.244. The number of hydrogen-bond acceptors (Lipinski definition) is 2. The second-order valence-electron chi connectivity index (χ2n) is 4.99. The number of hydrogen-bond donors (Lipinski definition) is 1. The maximum Gasteiger partial charge on any atom is 0.227 e. The minimum Gasteiger partial charge on any atom is -0.337 e. The van der Waals surface area contributed by atoms with Gasteiger partial charge in [-0.2, -0.15) is 0 Å². The van der Waals surface area contributed by atoms with Crippen LogP contribution in [0, 0.1) is 0 Å². The molecule has 98 valence electrons. The number of piperazine rings is 1. The van der Waals surface area contributed by atoms with Gasteiger partial charge in [0.1, 0.15) is 0 Å². The van der Waals surface area contributed by atoms with E-state index in [1.807, 2.05) is 4.90 Å². The third-order valence-electron chi connectivity index (χ3n) is 3.61. The van der Waals surface area contributed by atoms with Crippen molar-refractivity contribution in [3.05, 3.63) is 35.4 Å². The lowest BCUT2D eigenvalue weighted by Gasteiger charge is -2.34. The van der Waals surface area contributed by atoms with E-state index in [-0.39, 0.29) is 5.91 Å². The molecular weight excluding hydrogens is 224 g/mol.